The van der Waals surface area contributed by atoms with Crippen molar-refractivity contribution in [3.63, 3.8) is 0 Å². The average Bonchev–Trinajstić information content (AvgIpc) is 2.61. The van der Waals surface area contributed by atoms with Crippen LogP contribution in [-0.2, 0) is 16.1 Å². The van der Waals surface area contributed by atoms with Gasteiger partial charge >= 0.3 is 5.97 Å². The lowest BCUT2D eigenvalue weighted by Gasteiger charge is -2.22. The van der Waals surface area contributed by atoms with Gasteiger partial charge in [0.05, 0.1) is 6.61 Å². The van der Waals surface area contributed by atoms with Crippen molar-refractivity contribution in [3.8, 4) is 0 Å². The third-order valence-electron chi connectivity index (χ3n) is 3.74. The Kier molecular flexibility index (Phi) is 6.70. The van der Waals surface area contributed by atoms with Gasteiger partial charge in [0, 0.05) is 18.7 Å². The van der Waals surface area contributed by atoms with Crippen LogP contribution in [0.2, 0.25) is 0 Å². The molecule has 0 fully saturated rings. The second-order valence-corrected chi connectivity index (χ2v) is 5.72. The number of rotatable bonds is 8. The van der Waals surface area contributed by atoms with Crippen LogP contribution in [0.5, 0.6) is 0 Å². The summed E-state index contributed by atoms with van der Waals surface area (Å²) in [5.74, 6) is -1.48. The molecule has 4 nitrogen and oxygen atoms in total. The Morgan fingerprint density at radius 2 is 1.58 bits per heavy atom. The molecule has 0 bridgehead atoms. The van der Waals surface area contributed by atoms with Gasteiger partial charge in [-0.25, -0.2) is 0 Å². The Hall–Kier alpha value is -2.46. The van der Waals surface area contributed by atoms with Crippen LogP contribution in [-0.4, -0.2) is 36.9 Å². The summed E-state index contributed by atoms with van der Waals surface area (Å²) in [7, 11) is 1.90. The van der Waals surface area contributed by atoms with Crippen molar-refractivity contribution in [2.45, 2.75) is 13.5 Å². The molecule has 0 spiro atoms. The Balaban J connectivity index is 2.11. The van der Waals surface area contributed by atoms with Crippen LogP contribution < -0.4 is 0 Å². The van der Waals surface area contributed by atoms with Gasteiger partial charge in [0.2, 0.25) is 0 Å². The summed E-state index contributed by atoms with van der Waals surface area (Å²) in [5.41, 5.74) is 1.67. The summed E-state index contributed by atoms with van der Waals surface area (Å²) in [5, 5.41) is 0. The zero-order valence-electron chi connectivity index (χ0n) is 14.1. The fourth-order valence-electron chi connectivity index (χ4n) is 2.58. The van der Waals surface area contributed by atoms with Gasteiger partial charge in [-0.1, -0.05) is 60.7 Å². The molecule has 1 atom stereocenters. The van der Waals surface area contributed by atoms with Crippen molar-refractivity contribution in [2.75, 3.05) is 20.2 Å². The van der Waals surface area contributed by atoms with Crippen molar-refractivity contribution in [1.29, 1.82) is 0 Å². The summed E-state index contributed by atoms with van der Waals surface area (Å²) in [4.78, 5) is 27.0. The number of carbonyl (C=O) groups is 2. The predicted molar refractivity (Wildman–Crippen MR) is 93.7 cm³/mol. The van der Waals surface area contributed by atoms with E-state index in [1.807, 2.05) is 48.3 Å². The van der Waals surface area contributed by atoms with E-state index in [9.17, 15) is 9.59 Å². The lowest BCUT2D eigenvalue weighted by atomic mass is 9.97. The quantitative estimate of drug-likeness (QED) is 0.425. The van der Waals surface area contributed by atoms with Crippen molar-refractivity contribution in [2.24, 2.45) is 5.92 Å². The van der Waals surface area contributed by atoms with Crippen molar-refractivity contribution < 1.29 is 14.3 Å². The van der Waals surface area contributed by atoms with E-state index in [2.05, 4.69) is 0 Å². The molecule has 2 aromatic carbocycles. The van der Waals surface area contributed by atoms with E-state index in [4.69, 9.17) is 4.74 Å². The van der Waals surface area contributed by atoms with E-state index in [0.717, 1.165) is 5.56 Å². The minimum atomic E-state index is -0.818. The minimum Gasteiger partial charge on any atom is -0.465 e. The maximum atomic E-state index is 12.7. The molecule has 0 amide bonds. The van der Waals surface area contributed by atoms with Crippen LogP contribution >= 0.6 is 0 Å². The maximum absolute atomic E-state index is 12.7. The number of Topliss-reactive ketones (excluding diaryl/α,β-unsaturated/α-hetero) is 1. The predicted octanol–water partition coefficient (Wildman–Crippen LogP) is 3.18. The summed E-state index contributed by atoms with van der Waals surface area (Å²) >= 11 is 0. The molecule has 0 radical (unpaired) electrons. The van der Waals surface area contributed by atoms with Gasteiger partial charge in [-0.15, -0.1) is 0 Å². The summed E-state index contributed by atoms with van der Waals surface area (Å²) in [6.07, 6.45) is 0. The molecule has 0 heterocycles. The number of carbonyl (C=O) groups excluding carboxylic acids is 2. The highest BCUT2D eigenvalue weighted by Crippen LogP contribution is 2.14. The number of ketones is 1. The minimum absolute atomic E-state index is 0.200. The zero-order valence-corrected chi connectivity index (χ0v) is 14.1. The van der Waals surface area contributed by atoms with E-state index in [1.54, 1.807) is 31.2 Å². The topological polar surface area (TPSA) is 46.6 Å². The highest BCUT2D eigenvalue weighted by Gasteiger charge is 2.30. The monoisotopic (exact) mass is 325 g/mol. The zero-order chi connectivity index (χ0) is 17.4. The fraction of sp³-hybridized carbons (Fsp3) is 0.300. The van der Waals surface area contributed by atoms with Gasteiger partial charge in [0.25, 0.3) is 0 Å². The van der Waals surface area contributed by atoms with Gasteiger partial charge in [-0.3, -0.25) is 9.59 Å². The third-order valence-corrected chi connectivity index (χ3v) is 3.74. The molecule has 24 heavy (non-hydrogen) atoms. The normalized spacial score (nSPS) is 12.0. The highest BCUT2D eigenvalue weighted by atomic mass is 16.5. The Morgan fingerprint density at radius 1 is 1.00 bits per heavy atom. The average molecular weight is 325 g/mol. The molecule has 0 N–H and O–H groups in total. The molecule has 0 saturated carbocycles. The van der Waals surface area contributed by atoms with Crippen LogP contribution in [0.15, 0.2) is 60.7 Å². The number of benzene rings is 2. The van der Waals surface area contributed by atoms with E-state index >= 15 is 0 Å². The SMILES string of the molecule is CCOC(=O)C(CN(C)Cc1ccccc1)C(=O)c1ccccc1. The summed E-state index contributed by atoms with van der Waals surface area (Å²) < 4.78 is 5.11. The second kappa shape index (κ2) is 8.99. The highest BCUT2D eigenvalue weighted by molar-refractivity contribution is 6.08. The molecule has 126 valence electrons. The van der Waals surface area contributed by atoms with Crippen LogP contribution in [0.25, 0.3) is 0 Å². The van der Waals surface area contributed by atoms with Crippen molar-refractivity contribution in [3.05, 3.63) is 71.8 Å². The second-order valence-electron chi connectivity index (χ2n) is 5.72. The number of hydrogen-bond acceptors (Lipinski definition) is 4. The molecule has 4 heteroatoms. The number of nitrogens with zero attached hydrogens (tertiary/aromatic N) is 1. The van der Waals surface area contributed by atoms with Crippen LogP contribution in [0.1, 0.15) is 22.8 Å². The molecule has 0 aliphatic heterocycles. The molecule has 2 rings (SSSR count). The smallest absolute Gasteiger partial charge is 0.318 e. The van der Waals surface area contributed by atoms with Gasteiger partial charge in [0.15, 0.2) is 5.78 Å². The van der Waals surface area contributed by atoms with Crippen molar-refractivity contribution in [1.82, 2.24) is 4.90 Å². The van der Waals surface area contributed by atoms with Gasteiger partial charge in [0.1, 0.15) is 5.92 Å². The molecular weight excluding hydrogens is 302 g/mol. The van der Waals surface area contributed by atoms with E-state index in [0.29, 0.717) is 18.7 Å². The summed E-state index contributed by atoms with van der Waals surface area (Å²) in [6, 6.07) is 18.8. The van der Waals surface area contributed by atoms with Crippen molar-refractivity contribution >= 4 is 11.8 Å². The lowest BCUT2D eigenvalue weighted by molar-refractivity contribution is -0.146. The first kappa shape index (κ1) is 17.9. The van der Waals surface area contributed by atoms with Crippen LogP contribution in [0, 0.1) is 5.92 Å². The first-order chi connectivity index (χ1) is 11.6. The molecular formula is C20H23NO3. The van der Waals surface area contributed by atoms with Gasteiger partial charge in [-0.05, 0) is 19.5 Å². The third kappa shape index (κ3) is 5.03. The Labute approximate surface area is 143 Å². The first-order valence-corrected chi connectivity index (χ1v) is 8.10. The molecule has 1 unspecified atom stereocenters. The lowest BCUT2D eigenvalue weighted by Crippen LogP contribution is -2.36. The maximum Gasteiger partial charge on any atom is 0.318 e. The molecule has 0 aromatic heterocycles. The van der Waals surface area contributed by atoms with E-state index in [-0.39, 0.29) is 12.4 Å². The Bertz CT molecular complexity index is 655. The first-order valence-electron chi connectivity index (χ1n) is 8.10. The van der Waals surface area contributed by atoms with E-state index in [1.165, 1.54) is 0 Å². The summed E-state index contributed by atoms with van der Waals surface area (Å²) in [6.45, 7) is 3.00. The molecule has 0 aliphatic carbocycles. The molecule has 2 aromatic rings. The fourth-order valence-corrected chi connectivity index (χ4v) is 2.58. The van der Waals surface area contributed by atoms with Gasteiger partial charge < -0.3 is 9.64 Å². The van der Waals surface area contributed by atoms with Gasteiger partial charge in [-0.2, -0.15) is 0 Å². The van der Waals surface area contributed by atoms with E-state index < -0.39 is 11.9 Å². The number of ether oxygens (including phenoxy) is 1. The number of esters is 1. The molecule has 0 aliphatic rings. The van der Waals surface area contributed by atoms with Crippen LogP contribution in [0.4, 0.5) is 0 Å². The Morgan fingerprint density at radius 3 is 2.17 bits per heavy atom. The standard InChI is InChI=1S/C20H23NO3/c1-3-24-20(23)18(19(22)17-12-8-5-9-13-17)15-21(2)14-16-10-6-4-7-11-16/h4-13,18H,3,14-15H2,1-2H3. The number of hydrogen-bond donors (Lipinski definition) is 0. The largest absolute Gasteiger partial charge is 0.465 e. The van der Waals surface area contributed by atoms with Crippen LogP contribution in [0.3, 0.4) is 0 Å². The molecule has 0 saturated heterocycles.